The van der Waals surface area contributed by atoms with Gasteiger partial charge in [0.2, 0.25) is 5.91 Å². The maximum atomic E-state index is 11.2. The number of carbonyl (C=O) groups is 1. The fourth-order valence-corrected chi connectivity index (χ4v) is 0.658. The van der Waals surface area contributed by atoms with Crippen LogP contribution in [0.1, 0.15) is 20.3 Å². The van der Waals surface area contributed by atoms with Gasteiger partial charge in [0.1, 0.15) is 6.10 Å². The summed E-state index contributed by atoms with van der Waals surface area (Å²) in [7, 11) is 1.49. The van der Waals surface area contributed by atoms with Crippen molar-refractivity contribution in [2.45, 2.75) is 32.4 Å². The van der Waals surface area contributed by atoms with Crippen LogP contribution in [-0.4, -0.2) is 25.2 Å². The second-order valence-electron chi connectivity index (χ2n) is 2.51. The molecule has 2 atom stereocenters. The number of terminal acetylenes is 1. The number of methoxy groups -OCH3 is 1. The molecule has 68 valence electrons. The zero-order valence-corrected chi connectivity index (χ0v) is 7.76. The standard InChI is InChI=1S/C9H15NO2/c1-5-8(6-2)10-9(11)7(3)12-4/h1,7-8H,6H2,2-4H3,(H,10,11). The molecule has 0 aliphatic carbocycles. The first kappa shape index (κ1) is 11.0. The summed E-state index contributed by atoms with van der Waals surface area (Å²) in [4.78, 5) is 11.2. The van der Waals surface area contributed by atoms with E-state index in [1.807, 2.05) is 6.92 Å². The van der Waals surface area contributed by atoms with Gasteiger partial charge in [-0.05, 0) is 13.3 Å². The third-order valence-electron chi connectivity index (χ3n) is 1.65. The lowest BCUT2D eigenvalue weighted by atomic mass is 10.2. The number of hydrogen-bond acceptors (Lipinski definition) is 2. The number of amides is 1. The fraction of sp³-hybridized carbons (Fsp3) is 0.667. The van der Waals surface area contributed by atoms with E-state index in [-0.39, 0.29) is 11.9 Å². The Morgan fingerprint density at radius 1 is 1.75 bits per heavy atom. The summed E-state index contributed by atoms with van der Waals surface area (Å²) in [6.07, 6.45) is 5.46. The van der Waals surface area contributed by atoms with Crippen LogP contribution in [-0.2, 0) is 9.53 Å². The topological polar surface area (TPSA) is 38.3 Å². The Labute approximate surface area is 73.5 Å². The molecule has 0 aliphatic rings. The molecule has 0 heterocycles. The minimum Gasteiger partial charge on any atom is -0.372 e. The Kier molecular flexibility index (Phi) is 5.14. The molecule has 3 nitrogen and oxygen atoms in total. The normalized spacial score (nSPS) is 14.5. The maximum absolute atomic E-state index is 11.2. The van der Waals surface area contributed by atoms with Crippen LogP contribution in [0.2, 0.25) is 0 Å². The van der Waals surface area contributed by atoms with Crippen LogP contribution in [0.3, 0.4) is 0 Å². The molecule has 0 aromatic heterocycles. The summed E-state index contributed by atoms with van der Waals surface area (Å²) in [5.74, 6) is 2.31. The van der Waals surface area contributed by atoms with Gasteiger partial charge in [0.25, 0.3) is 0 Å². The molecule has 0 aromatic carbocycles. The molecule has 1 amide bonds. The monoisotopic (exact) mass is 169 g/mol. The minimum atomic E-state index is -0.438. The van der Waals surface area contributed by atoms with E-state index in [2.05, 4.69) is 11.2 Å². The van der Waals surface area contributed by atoms with Crippen molar-refractivity contribution in [2.75, 3.05) is 7.11 Å². The number of nitrogens with one attached hydrogen (secondary N) is 1. The van der Waals surface area contributed by atoms with Gasteiger partial charge in [-0.25, -0.2) is 0 Å². The molecule has 12 heavy (non-hydrogen) atoms. The number of carbonyl (C=O) groups excluding carboxylic acids is 1. The number of ether oxygens (including phenoxy) is 1. The third-order valence-corrected chi connectivity index (χ3v) is 1.65. The molecule has 0 radical (unpaired) electrons. The van der Waals surface area contributed by atoms with Gasteiger partial charge in [0.15, 0.2) is 0 Å². The summed E-state index contributed by atoms with van der Waals surface area (Å²) in [6.45, 7) is 3.60. The molecule has 2 unspecified atom stereocenters. The van der Waals surface area contributed by atoms with Crippen molar-refractivity contribution in [3.8, 4) is 12.3 Å². The van der Waals surface area contributed by atoms with E-state index in [4.69, 9.17) is 11.2 Å². The number of rotatable bonds is 4. The smallest absolute Gasteiger partial charge is 0.249 e. The zero-order chi connectivity index (χ0) is 9.56. The minimum absolute atomic E-state index is 0.165. The molecule has 3 heteroatoms. The predicted octanol–water partition coefficient (Wildman–Crippen LogP) is 0.549. The van der Waals surface area contributed by atoms with Crippen LogP contribution < -0.4 is 5.32 Å². The fourth-order valence-electron chi connectivity index (χ4n) is 0.658. The van der Waals surface area contributed by atoms with E-state index in [1.54, 1.807) is 6.92 Å². The van der Waals surface area contributed by atoms with Crippen molar-refractivity contribution in [3.05, 3.63) is 0 Å². The average Bonchev–Trinajstić information content (AvgIpc) is 2.12. The average molecular weight is 169 g/mol. The molecule has 0 fully saturated rings. The second kappa shape index (κ2) is 5.62. The molecule has 1 N–H and O–H groups in total. The predicted molar refractivity (Wildman–Crippen MR) is 47.5 cm³/mol. The molecular weight excluding hydrogens is 154 g/mol. The maximum Gasteiger partial charge on any atom is 0.249 e. The highest BCUT2D eigenvalue weighted by Gasteiger charge is 2.13. The van der Waals surface area contributed by atoms with Gasteiger partial charge >= 0.3 is 0 Å². The molecule has 0 saturated heterocycles. The van der Waals surface area contributed by atoms with Crippen LogP contribution in [0.25, 0.3) is 0 Å². The third kappa shape index (κ3) is 3.40. The SMILES string of the molecule is C#CC(CC)NC(=O)C(C)OC. The van der Waals surface area contributed by atoms with Crippen LogP contribution in [0, 0.1) is 12.3 Å². The first-order chi connectivity index (χ1) is 5.65. The summed E-state index contributed by atoms with van der Waals surface area (Å²) < 4.78 is 4.82. The van der Waals surface area contributed by atoms with Gasteiger partial charge in [-0.2, -0.15) is 0 Å². The van der Waals surface area contributed by atoms with Crippen LogP contribution >= 0.6 is 0 Å². The molecule has 0 bridgehead atoms. The Hall–Kier alpha value is -1.01. The lowest BCUT2D eigenvalue weighted by Gasteiger charge is -2.14. The molecular formula is C9H15NO2. The quantitative estimate of drug-likeness (QED) is 0.624. The van der Waals surface area contributed by atoms with Crippen molar-refractivity contribution in [1.82, 2.24) is 5.32 Å². The van der Waals surface area contributed by atoms with Crippen molar-refractivity contribution in [1.29, 1.82) is 0 Å². The lowest BCUT2D eigenvalue weighted by molar-refractivity contribution is -0.130. The Bertz CT molecular complexity index is 183. The van der Waals surface area contributed by atoms with Gasteiger partial charge in [-0.15, -0.1) is 6.42 Å². The van der Waals surface area contributed by atoms with E-state index in [0.717, 1.165) is 6.42 Å². The Balaban J connectivity index is 3.92. The van der Waals surface area contributed by atoms with E-state index >= 15 is 0 Å². The van der Waals surface area contributed by atoms with Crippen molar-refractivity contribution < 1.29 is 9.53 Å². The largest absolute Gasteiger partial charge is 0.372 e. The molecule has 0 saturated carbocycles. The van der Waals surface area contributed by atoms with Gasteiger partial charge in [-0.1, -0.05) is 12.8 Å². The van der Waals surface area contributed by atoms with Crippen molar-refractivity contribution in [3.63, 3.8) is 0 Å². The summed E-state index contributed by atoms with van der Waals surface area (Å²) >= 11 is 0. The highest BCUT2D eigenvalue weighted by atomic mass is 16.5. The molecule has 0 aromatic rings. The van der Waals surface area contributed by atoms with Crippen LogP contribution in [0.5, 0.6) is 0 Å². The zero-order valence-electron chi connectivity index (χ0n) is 7.76. The number of hydrogen-bond donors (Lipinski definition) is 1. The highest BCUT2D eigenvalue weighted by molar-refractivity contribution is 5.80. The van der Waals surface area contributed by atoms with Crippen LogP contribution in [0.4, 0.5) is 0 Å². The Morgan fingerprint density at radius 2 is 2.33 bits per heavy atom. The van der Waals surface area contributed by atoms with E-state index in [1.165, 1.54) is 7.11 Å². The first-order valence-electron chi connectivity index (χ1n) is 3.95. The summed E-state index contributed by atoms with van der Waals surface area (Å²) in [6, 6.07) is -0.185. The highest BCUT2D eigenvalue weighted by Crippen LogP contribution is 1.92. The molecule has 0 rings (SSSR count). The van der Waals surface area contributed by atoms with Crippen LogP contribution in [0.15, 0.2) is 0 Å². The van der Waals surface area contributed by atoms with Gasteiger partial charge in [0, 0.05) is 7.11 Å². The van der Waals surface area contributed by atoms with Gasteiger partial charge < -0.3 is 10.1 Å². The lowest BCUT2D eigenvalue weighted by Crippen LogP contribution is -2.39. The van der Waals surface area contributed by atoms with E-state index in [0.29, 0.717) is 0 Å². The second-order valence-corrected chi connectivity index (χ2v) is 2.51. The van der Waals surface area contributed by atoms with E-state index in [9.17, 15) is 4.79 Å². The summed E-state index contributed by atoms with van der Waals surface area (Å²) in [5, 5.41) is 2.67. The molecule has 0 aliphatic heterocycles. The Morgan fingerprint density at radius 3 is 2.67 bits per heavy atom. The van der Waals surface area contributed by atoms with E-state index < -0.39 is 6.10 Å². The molecule has 0 spiro atoms. The van der Waals surface area contributed by atoms with Gasteiger partial charge in [-0.3, -0.25) is 4.79 Å². The van der Waals surface area contributed by atoms with Gasteiger partial charge in [0.05, 0.1) is 6.04 Å². The van der Waals surface area contributed by atoms with Crippen molar-refractivity contribution in [2.24, 2.45) is 0 Å². The van der Waals surface area contributed by atoms with Crippen molar-refractivity contribution >= 4 is 5.91 Å². The first-order valence-corrected chi connectivity index (χ1v) is 3.95. The summed E-state index contributed by atoms with van der Waals surface area (Å²) in [5.41, 5.74) is 0.